The van der Waals surface area contributed by atoms with E-state index < -0.39 is 0 Å². The highest BCUT2D eigenvalue weighted by molar-refractivity contribution is 9.10. The Kier molecular flexibility index (Phi) is 5.54. The van der Waals surface area contributed by atoms with E-state index in [1.807, 2.05) is 12.1 Å². The molecule has 0 fully saturated rings. The summed E-state index contributed by atoms with van der Waals surface area (Å²) >= 11 is 3.26. The van der Waals surface area contributed by atoms with E-state index in [-0.39, 0.29) is 11.9 Å². The van der Waals surface area contributed by atoms with Crippen molar-refractivity contribution in [3.63, 3.8) is 0 Å². The molecular formula is C18H21BrFN. The van der Waals surface area contributed by atoms with Crippen LogP contribution in [-0.4, -0.2) is 6.54 Å². The van der Waals surface area contributed by atoms with Gasteiger partial charge in [0.05, 0.1) is 4.47 Å². The zero-order chi connectivity index (χ0) is 15.4. The van der Waals surface area contributed by atoms with Gasteiger partial charge in [-0.25, -0.2) is 4.39 Å². The van der Waals surface area contributed by atoms with E-state index in [2.05, 4.69) is 60.2 Å². The third kappa shape index (κ3) is 4.14. The average molecular weight is 350 g/mol. The van der Waals surface area contributed by atoms with Gasteiger partial charge in [0.15, 0.2) is 0 Å². The molecule has 1 unspecified atom stereocenters. The van der Waals surface area contributed by atoms with Crippen LogP contribution < -0.4 is 5.32 Å². The maximum Gasteiger partial charge on any atom is 0.137 e. The Balaban J connectivity index is 2.28. The van der Waals surface area contributed by atoms with Gasteiger partial charge in [-0.1, -0.05) is 36.8 Å². The first kappa shape index (κ1) is 16.2. The fourth-order valence-corrected chi connectivity index (χ4v) is 3.08. The van der Waals surface area contributed by atoms with Crippen molar-refractivity contribution in [2.24, 2.45) is 0 Å². The lowest BCUT2D eigenvalue weighted by Crippen LogP contribution is -2.23. The van der Waals surface area contributed by atoms with Gasteiger partial charge in [-0.3, -0.25) is 0 Å². The summed E-state index contributed by atoms with van der Waals surface area (Å²) in [4.78, 5) is 0. The van der Waals surface area contributed by atoms with Crippen LogP contribution in [0.25, 0.3) is 0 Å². The van der Waals surface area contributed by atoms with Crippen molar-refractivity contribution in [2.45, 2.75) is 33.2 Å². The van der Waals surface area contributed by atoms with Crippen molar-refractivity contribution < 1.29 is 4.39 Å². The third-order valence-corrected chi connectivity index (χ3v) is 4.28. The summed E-state index contributed by atoms with van der Waals surface area (Å²) in [5.74, 6) is -0.217. The molecule has 0 aliphatic carbocycles. The van der Waals surface area contributed by atoms with Crippen molar-refractivity contribution >= 4 is 15.9 Å². The molecule has 0 saturated heterocycles. The summed E-state index contributed by atoms with van der Waals surface area (Å²) in [5.41, 5.74) is 5.00. The van der Waals surface area contributed by atoms with Crippen molar-refractivity contribution in [3.8, 4) is 0 Å². The lowest BCUT2D eigenvalue weighted by atomic mass is 9.94. The second kappa shape index (κ2) is 7.19. The molecule has 112 valence electrons. The number of rotatable bonds is 5. The van der Waals surface area contributed by atoms with E-state index in [0.29, 0.717) is 4.47 Å². The standard InChI is InChI=1S/C18H21BrFN/c1-4-21-18(15-7-5-12(2)9-13(15)3)11-14-6-8-17(20)16(19)10-14/h5-10,18,21H,4,11H2,1-3H3. The SMILES string of the molecule is CCNC(Cc1ccc(F)c(Br)c1)c1ccc(C)cc1C. The van der Waals surface area contributed by atoms with E-state index in [1.54, 1.807) is 0 Å². The van der Waals surface area contributed by atoms with E-state index in [9.17, 15) is 4.39 Å². The van der Waals surface area contributed by atoms with Gasteiger partial charge in [0.1, 0.15) is 5.82 Å². The topological polar surface area (TPSA) is 12.0 Å². The molecule has 0 aliphatic heterocycles. The number of aryl methyl sites for hydroxylation is 2. The second-order valence-corrected chi connectivity index (χ2v) is 6.28. The quantitative estimate of drug-likeness (QED) is 0.791. The molecule has 2 aromatic carbocycles. The van der Waals surface area contributed by atoms with Crippen molar-refractivity contribution in [1.29, 1.82) is 0 Å². The summed E-state index contributed by atoms with van der Waals surface area (Å²) in [6.07, 6.45) is 0.844. The van der Waals surface area contributed by atoms with Crippen molar-refractivity contribution in [2.75, 3.05) is 6.54 Å². The first-order valence-electron chi connectivity index (χ1n) is 7.25. The van der Waals surface area contributed by atoms with Gasteiger partial charge >= 0.3 is 0 Å². The largest absolute Gasteiger partial charge is 0.310 e. The smallest absolute Gasteiger partial charge is 0.137 e. The van der Waals surface area contributed by atoms with E-state index in [0.717, 1.165) is 18.5 Å². The number of hydrogen-bond acceptors (Lipinski definition) is 1. The minimum absolute atomic E-state index is 0.217. The highest BCUT2D eigenvalue weighted by Gasteiger charge is 2.14. The van der Waals surface area contributed by atoms with Gasteiger partial charge in [-0.05, 0) is 71.6 Å². The van der Waals surface area contributed by atoms with Crippen LogP contribution in [0.3, 0.4) is 0 Å². The Hall–Kier alpha value is -1.19. The van der Waals surface area contributed by atoms with Gasteiger partial charge in [-0.15, -0.1) is 0 Å². The Bertz CT molecular complexity index is 625. The fourth-order valence-electron chi connectivity index (χ4n) is 2.66. The summed E-state index contributed by atoms with van der Waals surface area (Å²) in [7, 11) is 0. The maximum absolute atomic E-state index is 13.4. The molecule has 1 atom stereocenters. The monoisotopic (exact) mass is 349 g/mol. The molecule has 2 aromatic rings. The van der Waals surface area contributed by atoms with Crippen molar-refractivity contribution in [3.05, 3.63) is 68.9 Å². The average Bonchev–Trinajstić information content (AvgIpc) is 2.42. The summed E-state index contributed by atoms with van der Waals surface area (Å²) < 4.78 is 13.9. The lowest BCUT2D eigenvalue weighted by molar-refractivity contribution is 0.546. The molecule has 0 amide bonds. The molecule has 2 rings (SSSR count). The summed E-state index contributed by atoms with van der Waals surface area (Å²) in [6, 6.07) is 12.0. The van der Waals surface area contributed by atoms with Crippen LogP contribution in [-0.2, 0) is 6.42 Å². The number of halogens is 2. The fraction of sp³-hybridized carbons (Fsp3) is 0.333. The Labute approximate surface area is 134 Å². The molecule has 0 spiro atoms. The zero-order valence-corrected chi connectivity index (χ0v) is 14.3. The Morgan fingerprint density at radius 1 is 1.14 bits per heavy atom. The molecule has 0 radical (unpaired) electrons. The van der Waals surface area contributed by atoms with Gasteiger partial charge in [0.25, 0.3) is 0 Å². The number of benzene rings is 2. The highest BCUT2D eigenvalue weighted by atomic mass is 79.9. The highest BCUT2D eigenvalue weighted by Crippen LogP contribution is 2.25. The number of likely N-dealkylation sites (N-methyl/N-ethyl adjacent to an activating group) is 1. The maximum atomic E-state index is 13.4. The molecule has 0 aliphatic rings. The van der Waals surface area contributed by atoms with Gasteiger partial charge in [0, 0.05) is 6.04 Å². The van der Waals surface area contributed by atoms with Gasteiger partial charge in [0.2, 0.25) is 0 Å². The molecule has 0 heterocycles. The van der Waals surface area contributed by atoms with Gasteiger partial charge < -0.3 is 5.32 Å². The first-order chi connectivity index (χ1) is 10.0. The molecule has 1 nitrogen and oxygen atoms in total. The summed E-state index contributed by atoms with van der Waals surface area (Å²) in [5, 5.41) is 3.53. The van der Waals surface area contributed by atoms with Crippen LogP contribution in [0.4, 0.5) is 4.39 Å². The molecular weight excluding hydrogens is 329 g/mol. The third-order valence-electron chi connectivity index (χ3n) is 3.68. The van der Waals surface area contributed by atoms with Crippen LogP contribution in [0.1, 0.15) is 35.2 Å². The van der Waals surface area contributed by atoms with E-state index in [4.69, 9.17) is 0 Å². The first-order valence-corrected chi connectivity index (χ1v) is 8.05. The molecule has 0 saturated carbocycles. The lowest BCUT2D eigenvalue weighted by Gasteiger charge is -2.21. The molecule has 1 N–H and O–H groups in total. The Morgan fingerprint density at radius 2 is 1.90 bits per heavy atom. The second-order valence-electron chi connectivity index (χ2n) is 5.42. The van der Waals surface area contributed by atoms with Crippen LogP contribution in [0.2, 0.25) is 0 Å². The van der Waals surface area contributed by atoms with Crippen molar-refractivity contribution in [1.82, 2.24) is 5.32 Å². The summed E-state index contributed by atoms with van der Waals surface area (Å²) in [6.45, 7) is 7.26. The molecule has 21 heavy (non-hydrogen) atoms. The predicted molar refractivity (Wildman–Crippen MR) is 90.1 cm³/mol. The molecule has 0 bridgehead atoms. The van der Waals surface area contributed by atoms with E-state index >= 15 is 0 Å². The normalized spacial score (nSPS) is 12.4. The van der Waals surface area contributed by atoms with Crippen LogP contribution in [0, 0.1) is 19.7 Å². The van der Waals surface area contributed by atoms with Crippen LogP contribution >= 0.6 is 15.9 Å². The van der Waals surface area contributed by atoms with E-state index in [1.165, 1.54) is 22.8 Å². The van der Waals surface area contributed by atoms with Crippen LogP contribution in [0.15, 0.2) is 40.9 Å². The van der Waals surface area contributed by atoms with Gasteiger partial charge in [-0.2, -0.15) is 0 Å². The zero-order valence-electron chi connectivity index (χ0n) is 12.7. The van der Waals surface area contributed by atoms with Crippen LogP contribution in [0.5, 0.6) is 0 Å². The predicted octanol–water partition coefficient (Wildman–Crippen LogP) is 5.10. The minimum atomic E-state index is -0.217. The number of hydrogen-bond donors (Lipinski definition) is 1. The molecule has 3 heteroatoms. The Morgan fingerprint density at radius 3 is 2.52 bits per heavy atom. The number of nitrogens with one attached hydrogen (secondary N) is 1. The molecule has 0 aromatic heterocycles. The minimum Gasteiger partial charge on any atom is -0.310 e.